The van der Waals surface area contributed by atoms with Crippen molar-refractivity contribution in [2.24, 2.45) is 0 Å². The van der Waals surface area contributed by atoms with Gasteiger partial charge >= 0.3 is 7.32 Å². The molecule has 5 nitrogen and oxygen atoms in total. The van der Waals surface area contributed by atoms with Crippen molar-refractivity contribution in [2.75, 3.05) is 14.2 Å². The normalized spacial score (nSPS) is 10.2. The number of hydrogen-bond acceptors (Lipinski definition) is 5. The third-order valence-corrected chi connectivity index (χ3v) is 3.77. The molecule has 23 heavy (non-hydrogen) atoms. The van der Waals surface area contributed by atoms with E-state index in [0.29, 0.717) is 23.7 Å². The Morgan fingerprint density at radius 3 is 2.30 bits per heavy atom. The van der Waals surface area contributed by atoms with Gasteiger partial charge in [0.25, 0.3) is 0 Å². The molecule has 0 aliphatic rings. The van der Waals surface area contributed by atoms with Crippen molar-refractivity contribution < 1.29 is 18.7 Å². The molecular weight excluding hydrogens is 361 g/mol. The summed E-state index contributed by atoms with van der Waals surface area (Å²) in [7, 11) is 2.30. The minimum absolute atomic E-state index is 0.303. The molecule has 0 saturated carbocycles. The monoisotopic (exact) mass is 375 g/mol. The molecule has 2 aromatic carbocycles. The van der Waals surface area contributed by atoms with E-state index in [1.54, 1.807) is 24.3 Å². The fourth-order valence-corrected chi connectivity index (χ4v) is 2.21. The summed E-state index contributed by atoms with van der Waals surface area (Å²) in [6.07, 6.45) is 0. The van der Waals surface area contributed by atoms with Crippen LogP contribution in [0.4, 0.5) is 0 Å². The fourth-order valence-electron chi connectivity index (χ4n) is 1.85. The minimum Gasteiger partial charge on any atom is -0.457 e. The van der Waals surface area contributed by atoms with Gasteiger partial charge in [0.05, 0.1) is 18.2 Å². The first-order valence-corrected chi connectivity index (χ1v) is 7.59. The van der Waals surface area contributed by atoms with Gasteiger partial charge in [-0.3, -0.25) is 0 Å². The molecule has 0 heterocycles. The van der Waals surface area contributed by atoms with E-state index in [4.69, 9.17) is 24.0 Å². The Labute approximate surface area is 144 Å². The summed E-state index contributed by atoms with van der Waals surface area (Å²) < 4.78 is 22.1. The lowest BCUT2D eigenvalue weighted by molar-refractivity contribution is 0.128. The molecule has 0 aromatic heterocycles. The van der Waals surface area contributed by atoms with Crippen molar-refractivity contribution in [3.63, 3.8) is 0 Å². The largest absolute Gasteiger partial charge is 0.639 e. The molecule has 0 unspecified atom stereocenters. The summed E-state index contributed by atoms with van der Waals surface area (Å²) in [5.41, 5.74) is 1.49. The molecule has 0 bridgehead atoms. The Kier molecular flexibility index (Phi) is 6.62. The maximum absolute atomic E-state index is 8.80. The summed E-state index contributed by atoms with van der Waals surface area (Å²) >= 11 is 3.48. The van der Waals surface area contributed by atoms with E-state index in [0.717, 1.165) is 10.0 Å². The van der Waals surface area contributed by atoms with Crippen LogP contribution in [0.25, 0.3) is 0 Å². The maximum atomic E-state index is 8.80. The summed E-state index contributed by atoms with van der Waals surface area (Å²) in [4.78, 5) is 0. The highest BCUT2D eigenvalue weighted by molar-refractivity contribution is 9.10. The lowest BCUT2D eigenvalue weighted by atomic mass is 10.2. The van der Waals surface area contributed by atoms with Gasteiger partial charge in [0.15, 0.2) is 0 Å². The van der Waals surface area contributed by atoms with Gasteiger partial charge in [0.1, 0.15) is 11.5 Å². The van der Waals surface area contributed by atoms with Crippen LogP contribution in [-0.2, 0) is 20.6 Å². The number of ether oxygens (including phenoxy) is 1. The number of rotatable bonds is 7. The van der Waals surface area contributed by atoms with Crippen molar-refractivity contribution in [3.8, 4) is 17.6 Å². The molecule has 7 heteroatoms. The Bertz CT molecular complexity index is 683. The van der Waals surface area contributed by atoms with Gasteiger partial charge in [-0.05, 0) is 48.0 Å². The predicted octanol–water partition coefficient (Wildman–Crippen LogP) is 3.91. The zero-order chi connectivity index (χ0) is 16.7. The van der Waals surface area contributed by atoms with Crippen molar-refractivity contribution in [3.05, 3.63) is 58.1 Å². The average Bonchev–Trinajstić information content (AvgIpc) is 2.59. The van der Waals surface area contributed by atoms with Crippen LogP contribution in [0.5, 0.6) is 11.5 Å². The molecule has 118 valence electrons. The van der Waals surface area contributed by atoms with Crippen LogP contribution in [0.3, 0.4) is 0 Å². The van der Waals surface area contributed by atoms with E-state index in [1.165, 1.54) is 14.2 Å². The topological polar surface area (TPSA) is 60.7 Å². The van der Waals surface area contributed by atoms with Gasteiger partial charge in [-0.15, -0.1) is 0 Å². The third-order valence-electron chi connectivity index (χ3n) is 3.00. The lowest BCUT2D eigenvalue weighted by Gasteiger charge is -2.12. The highest BCUT2D eigenvalue weighted by Crippen LogP contribution is 2.27. The highest BCUT2D eigenvalue weighted by Gasteiger charge is 2.17. The summed E-state index contributed by atoms with van der Waals surface area (Å²) in [6, 6.07) is 14.6. The second kappa shape index (κ2) is 8.70. The van der Waals surface area contributed by atoms with E-state index in [1.807, 2.05) is 18.2 Å². The average molecular weight is 376 g/mol. The third kappa shape index (κ3) is 5.08. The maximum Gasteiger partial charge on any atom is 0.639 e. The molecule has 0 fully saturated rings. The van der Waals surface area contributed by atoms with Crippen molar-refractivity contribution >= 4 is 23.3 Å². The van der Waals surface area contributed by atoms with Crippen LogP contribution in [0.2, 0.25) is 0 Å². The Morgan fingerprint density at radius 1 is 1.04 bits per heavy atom. The molecule has 0 amide bonds. The SMILES string of the molecule is COB(OC)OCc1cc(Oc2ccc(C#N)cc2)ccc1Br. The molecule has 0 spiro atoms. The quantitative estimate of drug-likeness (QED) is 0.686. The van der Waals surface area contributed by atoms with Gasteiger partial charge < -0.3 is 18.7 Å². The molecule has 0 atom stereocenters. The zero-order valence-electron chi connectivity index (χ0n) is 12.8. The molecular formula is C16H15BBrNO4. The van der Waals surface area contributed by atoms with Crippen molar-refractivity contribution in [2.45, 2.75) is 6.61 Å². The van der Waals surface area contributed by atoms with E-state index in [-0.39, 0.29) is 0 Å². The number of nitriles is 1. The fraction of sp³-hybridized carbons (Fsp3) is 0.188. The second-order valence-corrected chi connectivity index (χ2v) is 5.42. The Morgan fingerprint density at radius 2 is 1.70 bits per heavy atom. The summed E-state index contributed by atoms with van der Waals surface area (Å²) in [5.74, 6) is 1.33. The van der Waals surface area contributed by atoms with Crippen LogP contribution >= 0.6 is 15.9 Å². The summed E-state index contributed by atoms with van der Waals surface area (Å²) in [6.45, 7) is 0.303. The molecule has 2 rings (SSSR count). The van der Waals surface area contributed by atoms with Crippen LogP contribution in [0, 0.1) is 11.3 Å². The first-order valence-electron chi connectivity index (χ1n) is 6.80. The molecule has 0 aliphatic carbocycles. The molecule has 2 aromatic rings. The van der Waals surface area contributed by atoms with Gasteiger partial charge in [0.2, 0.25) is 0 Å². The van der Waals surface area contributed by atoms with E-state index in [2.05, 4.69) is 22.0 Å². The highest BCUT2D eigenvalue weighted by atomic mass is 79.9. The molecule has 0 saturated heterocycles. The lowest BCUT2D eigenvalue weighted by Crippen LogP contribution is -2.23. The Balaban J connectivity index is 2.08. The second-order valence-electron chi connectivity index (χ2n) is 4.56. The van der Waals surface area contributed by atoms with Crippen LogP contribution in [-0.4, -0.2) is 21.5 Å². The van der Waals surface area contributed by atoms with Crippen LogP contribution in [0.15, 0.2) is 46.9 Å². The van der Waals surface area contributed by atoms with Crippen molar-refractivity contribution in [1.82, 2.24) is 0 Å². The van der Waals surface area contributed by atoms with Gasteiger partial charge in [0, 0.05) is 18.7 Å². The number of nitrogens with zero attached hydrogens (tertiary/aromatic N) is 1. The van der Waals surface area contributed by atoms with Crippen LogP contribution < -0.4 is 4.74 Å². The molecule has 0 radical (unpaired) electrons. The Hall–Kier alpha value is -1.85. The van der Waals surface area contributed by atoms with Gasteiger partial charge in [-0.1, -0.05) is 15.9 Å². The molecule has 0 N–H and O–H groups in total. The number of benzene rings is 2. The zero-order valence-corrected chi connectivity index (χ0v) is 14.4. The summed E-state index contributed by atoms with van der Waals surface area (Å²) in [5, 5.41) is 8.80. The van der Waals surface area contributed by atoms with Gasteiger partial charge in [-0.25, -0.2) is 0 Å². The van der Waals surface area contributed by atoms with E-state index < -0.39 is 7.32 Å². The van der Waals surface area contributed by atoms with E-state index in [9.17, 15) is 0 Å². The first kappa shape index (κ1) is 17.5. The standard InChI is InChI=1S/C16H15BBrNO4/c1-20-17(21-2)22-11-13-9-15(7-8-16(13)18)23-14-5-3-12(10-19)4-6-14/h3-9H,11H2,1-2H3. The van der Waals surface area contributed by atoms with E-state index >= 15 is 0 Å². The van der Waals surface area contributed by atoms with Crippen LogP contribution in [0.1, 0.15) is 11.1 Å². The minimum atomic E-state index is -0.718. The smallest absolute Gasteiger partial charge is 0.457 e. The first-order chi connectivity index (χ1) is 11.2. The molecule has 0 aliphatic heterocycles. The van der Waals surface area contributed by atoms with Crippen molar-refractivity contribution in [1.29, 1.82) is 5.26 Å². The number of halogens is 1. The van der Waals surface area contributed by atoms with Gasteiger partial charge in [-0.2, -0.15) is 5.26 Å². The predicted molar refractivity (Wildman–Crippen MR) is 89.9 cm³/mol. The number of hydrogen-bond donors (Lipinski definition) is 0.